The van der Waals surface area contributed by atoms with Gasteiger partial charge in [0.25, 0.3) is 0 Å². The summed E-state index contributed by atoms with van der Waals surface area (Å²) in [5.41, 5.74) is 1.74. The molecule has 2 N–H and O–H groups in total. The first kappa shape index (κ1) is 13.8. The van der Waals surface area contributed by atoms with E-state index >= 15 is 0 Å². The Morgan fingerprint density at radius 2 is 2.18 bits per heavy atom. The lowest BCUT2D eigenvalue weighted by Crippen LogP contribution is -2.53. The molecule has 0 saturated heterocycles. The molecular formula is C14H13N5O3. The summed E-state index contributed by atoms with van der Waals surface area (Å²) in [7, 11) is 1.48. The molecule has 1 aliphatic rings. The van der Waals surface area contributed by atoms with Crippen molar-refractivity contribution in [2.75, 3.05) is 12.1 Å². The van der Waals surface area contributed by atoms with Gasteiger partial charge in [-0.15, -0.1) is 10.2 Å². The van der Waals surface area contributed by atoms with Crippen molar-refractivity contribution in [3.8, 4) is 5.88 Å². The molecule has 0 radical (unpaired) electrons. The Kier molecular flexibility index (Phi) is 3.34. The number of nitrogens with one attached hydrogen (secondary N) is 1. The predicted octanol–water partition coefficient (Wildman–Crippen LogP) is 0.699. The van der Waals surface area contributed by atoms with E-state index in [4.69, 9.17) is 4.74 Å². The molecule has 22 heavy (non-hydrogen) atoms. The van der Waals surface area contributed by atoms with E-state index < -0.39 is 11.5 Å². The summed E-state index contributed by atoms with van der Waals surface area (Å²) in [6.07, 6.45) is 4.60. The molecule has 0 saturated carbocycles. The van der Waals surface area contributed by atoms with E-state index in [1.54, 1.807) is 36.5 Å². The van der Waals surface area contributed by atoms with Crippen LogP contribution in [-0.2, 0) is 10.3 Å². The maximum Gasteiger partial charge on any atom is 0.342 e. The molecule has 1 aliphatic heterocycles. The van der Waals surface area contributed by atoms with E-state index in [9.17, 15) is 9.90 Å². The maximum atomic E-state index is 12.0. The highest BCUT2D eigenvalue weighted by atomic mass is 16.5. The highest BCUT2D eigenvalue weighted by Crippen LogP contribution is 2.34. The number of hydrazine groups is 1. The van der Waals surface area contributed by atoms with Crippen LogP contribution in [0.15, 0.2) is 48.8 Å². The molecule has 2 aromatic rings. The molecule has 0 fully saturated rings. The first-order valence-electron chi connectivity index (χ1n) is 6.45. The number of ether oxygens (including phenoxy) is 1. The van der Waals surface area contributed by atoms with Crippen LogP contribution in [0.1, 0.15) is 5.69 Å². The van der Waals surface area contributed by atoms with Gasteiger partial charge in [0, 0.05) is 18.5 Å². The lowest BCUT2D eigenvalue weighted by atomic mass is 9.94. The molecule has 8 heteroatoms. The zero-order chi connectivity index (χ0) is 15.6. The fourth-order valence-corrected chi connectivity index (χ4v) is 2.26. The molecule has 8 nitrogen and oxygen atoms in total. The number of rotatable bonds is 4. The SMILES string of the molecule is COc1ccc(N2NC=CC2(C(=O)O)c2ccccn2)nn1. The summed E-state index contributed by atoms with van der Waals surface area (Å²) in [6.45, 7) is 0. The number of anilines is 1. The minimum Gasteiger partial charge on any atom is -0.480 e. The third-order valence-corrected chi connectivity index (χ3v) is 3.33. The first-order valence-corrected chi connectivity index (χ1v) is 6.45. The van der Waals surface area contributed by atoms with E-state index in [0.717, 1.165) is 0 Å². The summed E-state index contributed by atoms with van der Waals surface area (Å²) in [5.74, 6) is -0.404. The number of carboxylic acid groups (broad SMARTS) is 1. The molecule has 0 bridgehead atoms. The highest BCUT2D eigenvalue weighted by molar-refractivity contribution is 5.87. The third-order valence-electron chi connectivity index (χ3n) is 3.33. The normalized spacial score (nSPS) is 19.8. The Hall–Kier alpha value is -3.16. The van der Waals surface area contributed by atoms with Crippen molar-refractivity contribution in [1.82, 2.24) is 20.6 Å². The molecule has 0 amide bonds. The van der Waals surface area contributed by atoms with Crippen molar-refractivity contribution in [3.05, 3.63) is 54.5 Å². The number of nitrogens with zero attached hydrogens (tertiary/aromatic N) is 4. The second-order valence-electron chi connectivity index (χ2n) is 4.52. The van der Waals surface area contributed by atoms with E-state index in [-0.39, 0.29) is 0 Å². The molecule has 112 valence electrons. The average Bonchev–Trinajstić information content (AvgIpc) is 3.02. The highest BCUT2D eigenvalue weighted by Gasteiger charge is 2.49. The van der Waals surface area contributed by atoms with Gasteiger partial charge in [0.05, 0.1) is 12.8 Å². The van der Waals surface area contributed by atoms with Crippen molar-refractivity contribution in [3.63, 3.8) is 0 Å². The van der Waals surface area contributed by atoms with Gasteiger partial charge in [0.1, 0.15) is 0 Å². The number of aromatic nitrogens is 3. The lowest BCUT2D eigenvalue weighted by Gasteiger charge is -2.33. The zero-order valence-corrected chi connectivity index (χ0v) is 11.7. The molecule has 2 aromatic heterocycles. The summed E-state index contributed by atoms with van der Waals surface area (Å²) >= 11 is 0. The quantitative estimate of drug-likeness (QED) is 0.851. The summed E-state index contributed by atoms with van der Waals surface area (Å²) in [4.78, 5) is 16.2. The average molecular weight is 299 g/mol. The topological polar surface area (TPSA) is 100 Å². The summed E-state index contributed by atoms with van der Waals surface area (Å²) in [6, 6.07) is 8.33. The van der Waals surface area contributed by atoms with Crippen LogP contribution in [0.4, 0.5) is 5.82 Å². The van der Waals surface area contributed by atoms with Crippen LogP contribution in [-0.4, -0.2) is 33.4 Å². The second-order valence-corrected chi connectivity index (χ2v) is 4.52. The Morgan fingerprint density at radius 1 is 1.32 bits per heavy atom. The van der Waals surface area contributed by atoms with E-state index in [2.05, 4.69) is 20.6 Å². The fraction of sp³-hybridized carbons (Fsp3) is 0.143. The van der Waals surface area contributed by atoms with Gasteiger partial charge < -0.3 is 15.3 Å². The fourth-order valence-electron chi connectivity index (χ4n) is 2.26. The smallest absolute Gasteiger partial charge is 0.342 e. The van der Waals surface area contributed by atoms with Crippen molar-refractivity contribution >= 4 is 11.8 Å². The van der Waals surface area contributed by atoms with Crippen molar-refractivity contribution in [2.24, 2.45) is 0 Å². The van der Waals surface area contributed by atoms with Crippen LogP contribution in [0.5, 0.6) is 5.88 Å². The maximum absolute atomic E-state index is 12.0. The Labute approximate surface area is 126 Å². The summed E-state index contributed by atoms with van der Waals surface area (Å²) < 4.78 is 4.96. The molecule has 3 heterocycles. The van der Waals surface area contributed by atoms with Gasteiger partial charge in [0.15, 0.2) is 5.82 Å². The van der Waals surface area contributed by atoms with Crippen LogP contribution in [0.3, 0.4) is 0 Å². The first-order chi connectivity index (χ1) is 10.7. The molecule has 0 aliphatic carbocycles. The van der Waals surface area contributed by atoms with E-state index in [1.165, 1.54) is 24.4 Å². The minimum absolute atomic E-state index is 0.332. The Bertz CT molecular complexity index is 704. The van der Waals surface area contributed by atoms with Crippen molar-refractivity contribution < 1.29 is 14.6 Å². The van der Waals surface area contributed by atoms with Crippen LogP contribution >= 0.6 is 0 Å². The van der Waals surface area contributed by atoms with Gasteiger partial charge in [-0.1, -0.05) is 6.07 Å². The van der Waals surface area contributed by atoms with Gasteiger partial charge in [-0.2, -0.15) is 0 Å². The van der Waals surface area contributed by atoms with Gasteiger partial charge in [-0.05, 0) is 24.3 Å². The number of pyridine rings is 1. The van der Waals surface area contributed by atoms with Crippen LogP contribution in [0.25, 0.3) is 0 Å². The lowest BCUT2D eigenvalue weighted by molar-refractivity contribution is -0.142. The van der Waals surface area contributed by atoms with E-state index in [0.29, 0.717) is 17.4 Å². The zero-order valence-electron chi connectivity index (χ0n) is 11.7. The van der Waals surface area contributed by atoms with Gasteiger partial charge >= 0.3 is 5.97 Å². The Morgan fingerprint density at radius 3 is 2.77 bits per heavy atom. The van der Waals surface area contributed by atoms with Gasteiger partial charge in [-0.3, -0.25) is 4.98 Å². The molecule has 0 spiro atoms. The number of aliphatic carboxylic acids is 1. The third kappa shape index (κ3) is 2.01. The van der Waals surface area contributed by atoms with Crippen molar-refractivity contribution in [1.29, 1.82) is 0 Å². The number of methoxy groups -OCH3 is 1. The van der Waals surface area contributed by atoms with Gasteiger partial charge in [-0.25, -0.2) is 9.80 Å². The number of hydrogen-bond donors (Lipinski definition) is 2. The molecule has 3 rings (SSSR count). The number of hydrogen-bond acceptors (Lipinski definition) is 7. The largest absolute Gasteiger partial charge is 0.480 e. The second kappa shape index (κ2) is 5.32. The summed E-state index contributed by atoms with van der Waals surface area (Å²) in [5, 5.41) is 19.1. The Balaban J connectivity index is 2.08. The predicted molar refractivity (Wildman–Crippen MR) is 76.9 cm³/mol. The molecule has 1 unspecified atom stereocenters. The molecule has 0 aromatic carbocycles. The van der Waals surface area contributed by atoms with Crippen molar-refractivity contribution in [2.45, 2.75) is 5.54 Å². The molecular weight excluding hydrogens is 286 g/mol. The monoisotopic (exact) mass is 299 g/mol. The van der Waals surface area contributed by atoms with Crippen LogP contribution < -0.4 is 15.2 Å². The number of carbonyl (C=O) groups is 1. The van der Waals surface area contributed by atoms with Crippen LogP contribution in [0.2, 0.25) is 0 Å². The minimum atomic E-state index is -1.50. The molecule has 1 atom stereocenters. The standard InChI is InChI=1S/C14H13N5O3/c1-22-12-6-5-11(17-18-12)19-14(13(20)21,7-9-16-19)10-4-2-3-8-15-10/h2-9,16H,1H3,(H,20,21). The van der Waals surface area contributed by atoms with E-state index in [1.807, 2.05) is 0 Å². The van der Waals surface area contributed by atoms with Crippen LogP contribution in [0, 0.1) is 0 Å². The number of carboxylic acids is 1. The van der Waals surface area contributed by atoms with Gasteiger partial charge in [0.2, 0.25) is 11.4 Å².